The summed E-state index contributed by atoms with van der Waals surface area (Å²) in [6.45, 7) is 6.15. The molecule has 0 spiro atoms. The minimum Gasteiger partial charge on any atom is -0.352 e. The largest absolute Gasteiger partial charge is 0.352 e. The van der Waals surface area contributed by atoms with Crippen LogP contribution in [0.3, 0.4) is 0 Å². The van der Waals surface area contributed by atoms with E-state index < -0.39 is 0 Å². The molecule has 2 aliphatic heterocycles. The van der Waals surface area contributed by atoms with Gasteiger partial charge >= 0.3 is 0 Å². The first-order valence-electron chi connectivity index (χ1n) is 11.2. The van der Waals surface area contributed by atoms with E-state index in [9.17, 15) is 9.18 Å². The maximum Gasteiger partial charge on any atom is 0.224 e. The maximum absolute atomic E-state index is 13.9. The predicted octanol–water partition coefficient (Wildman–Crippen LogP) is 3.95. The molecule has 2 aromatic rings. The molecule has 4 nitrogen and oxygen atoms in total. The van der Waals surface area contributed by atoms with E-state index in [-0.39, 0.29) is 17.6 Å². The number of nitrogens with zero attached hydrogens (tertiary/aromatic N) is 2. The van der Waals surface area contributed by atoms with Gasteiger partial charge in [-0.1, -0.05) is 42.5 Å². The molecule has 2 aliphatic rings. The zero-order valence-corrected chi connectivity index (χ0v) is 17.7. The van der Waals surface area contributed by atoms with E-state index in [4.69, 9.17) is 0 Å². The number of carbonyl (C=O) groups excluding carboxylic acids is 1. The third kappa shape index (κ3) is 5.67. The van der Waals surface area contributed by atoms with Crippen LogP contribution in [0.15, 0.2) is 48.5 Å². The Hall–Kier alpha value is -2.24. The molecular weight excluding hydrogens is 377 g/mol. The molecular formula is C25H32FN3O. The van der Waals surface area contributed by atoms with Gasteiger partial charge < -0.3 is 5.32 Å². The van der Waals surface area contributed by atoms with Crippen LogP contribution >= 0.6 is 0 Å². The summed E-state index contributed by atoms with van der Waals surface area (Å²) in [4.78, 5) is 17.4. The average Bonchev–Trinajstić information content (AvgIpc) is 3.28. The molecule has 2 fully saturated rings. The zero-order valence-electron chi connectivity index (χ0n) is 17.7. The fourth-order valence-corrected chi connectivity index (χ4v) is 4.58. The number of amides is 1. The molecule has 0 bridgehead atoms. The first-order chi connectivity index (χ1) is 14.7. The highest BCUT2D eigenvalue weighted by Gasteiger charge is 2.26. The van der Waals surface area contributed by atoms with E-state index in [1.807, 2.05) is 12.1 Å². The van der Waals surface area contributed by atoms with E-state index >= 15 is 0 Å². The van der Waals surface area contributed by atoms with Crippen LogP contribution in [-0.4, -0.2) is 41.9 Å². The standard InChI is InChI=1S/C25H32FN3O/c26-24-8-2-1-6-22(24)18-29-15-5-7-23(19-29)25(30)27-16-20-9-11-21(12-10-20)17-28-13-3-4-14-28/h1-2,6,8-12,23H,3-5,7,13-19H2,(H,27,30). The van der Waals surface area contributed by atoms with E-state index in [0.29, 0.717) is 25.2 Å². The van der Waals surface area contributed by atoms with Gasteiger partial charge in [-0.3, -0.25) is 14.6 Å². The quantitative estimate of drug-likeness (QED) is 0.752. The van der Waals surface area contributed by atoms with Crippen LogP contribution < -0.4 is 5.32 Å². The molecule has 4 rings (SSSR count). The number of hydrogen-bond acceptors (Lipinski definition) is 3. The third-order valence-corrected chi connectivity index (χ3v) is 6.32. The van der Waals surface area contributed by atoms with Gasteiger partial charge in [0.2, 0.25) is 5.91 Å². The molecule has 2 saturated heterocycles. The molecule has 0 radical (unpaired) electrons. The third-order valence-electron chi connectivity index (χ3n) is 6.32. The lowest BCUT2D eigenvalue weighted by atomic mass is 9.96. The number of benzene rings is 2. The van der Waals surface area contributed by atoms with E-state index in [1.165, 1.54) is 37.6 Å². The van der Waals surface area contributed by atoms with E-state index in [1.54, 1.807) is 6.07 Å². The van der Waals surface area contributed by atoms with Gasteiger partial charge in [-0.25, -0.2) is 4.39 Å². The number of halogens is 1. The molecule has 5 heteroatoms. The van der Waals surface area contributed by atoms with Crippen molar-refractivity contribution in [1.82, 2.24) is 15.1 Å². The minimum absolute atomic E-state index is 0.0278. The monoisotopic (exact) mass is 409 g/mol. The SMILES string of the molecule is O=C(NCc1ccc(CN2CCCC2)cc1)C1CCCN(Cc2ccccc2F)C1. The van der Waals surface area contributed by atoms with Crippen molar-refractivity contribution in [2.75, 3.05) is 26.2 Å². The predicted molar refractivity (Wildman–Crippen MR) is 117 cm³/mol. The molecule has 0 saturated carbocycles. The highest BCUT2D eigenvalue weighted by atomic mass is 19.1. The summed E-state index contributed by atoms with van der Waals surface area (Å²) in [5.41, 5.74) is 3.17. The minimum atomic E-state index is -0.169. The van der Waals surface area contributed by atoms with Gasteiger partial charge in [0.05, 0.1) is 5.92 Å². The summed E-state index contributed by atoms with van der Waals surface area (Å²) in [5.74, 6) is -0.0911. The maximum atomic E-state index is 13.9. The number of carbonyl (C=O) groups is 1. The van der Waals surface area contributed by atoms with Crippen molar-refractivity contribution in [3.63, 3.8) is 0 Å². The number of likely N-dealkylation sites (tertiary alicyclic amines) is 2. The van der Waals surface area contributed by atoms with Crippen LogP contribution in [0.2, 0.25) is 0 Å². The molecule has 1 N–H and O–H groups in total. The van der Waals surface area contributed by atoms with Gasteiger partial charge in [-0.05, 0) is 62.5 Å². The van der Waals surface area contributed by atoms with Crippen LogP contribution in [0, 0.1) is 11.7 Å². The van der Waals surface area contributed by atoms with Crippen molar-refractivity contribution >= 4 is 5.91 Å². The summed E-state index contributed by atoms with van der Waals surface area (Å²) in [6.07, 6.45) is 4.48. The second kappa shape index (κ2) is 10.2. The fraction of sp³-hybridized carbons (Fsp3) is 0.480. The molecule has 1 unspecified atom stereocenters. The summed E-state index contributed by atoms with van der Waals surface area (Å²) < 4.78 is 13.9. The molecule has 160 valence electrons. The Bertz CT molecular complexity index is 833. The van der Waals surface area contributed by atoms with Crippen molar-refractivity contribution in [1.29, 1.82) is 0 Å². The Kier molecular flexibility index (Phi) is 7.13. The Morgan fingerprint density at radius 2 is 1.60 bits per heavy atom. The van der Waals surface area contributed by atoms with Gasteiger partial charge in [0.25, 0.3) is 0 Å². The van der Waals surface area contributed by atoms with Crippen LogP contribution in [0.5, 0.6) is 0 Å². The highest BCUT2D eigenvalue weighted by molar-refractivity contribution is 5.79. The van der Waals surface area contributed by atoms with Gasteiger partial charge in [-0.15, -0.1) is 0 Å². The second-order valence-electron chi connectivity index (χ2n) is 8.68. The lowest BCUT2D eigenvalue weighted by Crippen LogP contribution is -2.42. The van der Waals surface area contributed by atoms with Crippen molar-refractivity contribution in [3.8, 4) is 0 Å². The second-order valence-corrected chi connectivity index (χ2v) is 8.68. The van der Waals surface area contributed by atoms with Crippen molar-refractivity contribution in [2.24, 2.45) is 5.92 Å². The summed E-state index contributed by atoms with van der Waals surface area (Å²) >= 11 is 0. The number of piperidine rings is 1. The summed E-state index contributed by atoms with van der Waals surface area (Å²) in [6, 6.07) is 15.5. The van der Waals surface area contributed by atoms with Crippen LogP contribution in [-0.2, 0) is 24.4 Å². The van der Waals surface area contributed by atoms with E-state index in [2.05, 4.69) is 39.4 Å². The lowest BCUT2D eigenvalue weighted by molar-refractivity contribution is -0.126. The Balaban J connectivity index is 1.24. The normalized spacial score (nSPS) is 20.4. The smallest absolute Gasteiger partial charge is 0.224 e. The summed E-state index contributed by atoms with van der Waals surface area (Å²) in [7, 11) is 0. The molecule has 30 heavy (non-hydrogen) atoms. The fourth-order valence-electron chi connectivity index (χ4n) is 4.58. The molecule has 2 heterocycles. The first-order valence-corrected chi connectivity index (χ1v) is 11.2. The van der Waals surface area contributed by atoms with Crippen molar-refractivity contribution in [3.05, 3.63) is 71.0 Å². The highest BCUT2D eigenvalue weighted by Crippen LogP contribution is 2.20. The molecule has 2 aromatic carbocycles. The molecule has 1 amide bonds. The molecule has 0 aromatic heterocycles. The first kappa shape index (κ1) is 21.0. The van der Waals surface area contributed by atoms with Crippen molar-refractivity contribution in [2.45, 2.75) is 45.3 Å². The van der Waals surface area contributed by atoms with Gasteiger partial charge in [0.15, 0.2) is 0 Å². The van der Waals surface area contributed by atoms with Crippen LogP contribution in [0.1, 0.15) is 42.4 Å². The van der Waals surface area contributed by atoms with Crippen LogP contribution in [0.25, 0.3) is 0 Å². The molecule has 1 atom stereocenters. The number of rotatable bonds is 7. The summed E-state index contributed by atoms with van der Waals surface area (Å²) in [5, 5.41) is 3.11. The van der Waals surface area contributed by atoms with Gasteiger partial charge in [0.1, 0.15) is 5.82 Å². The average molecular weight is 410 g/mol. The lowest BCUT2D eigenvalue weighted by Gasteiger charge is -2.32. The zero-order chi connectivity index (χ0) is 20.8. The van der Waals surface area contributed by atoms with Gasteiger partial charge in [-0.2, -0.15) is 0 Å². The Morgan fingerprint density at radius 3 is 2.37 bits per heavy atom. The topological polar surface area (TPSA) is 35.6 Å². The van der Waals surface area contributed by atoms with Crippen LogP contribution in [0.4, 0.5) is 4.39 Å². The Morgan fingerprint density at radius 1 is 0.900 bits per heavy atom. The van der Waals surface area contributed by atoms with Crippen molar-refractivity contribution < 1.29 is 9.18 Å². The number of hydrogen-bond donors (Lipinski definition) is 1. The Labute approximate surface area is 179 Å². The van der Waals surface area contributed by atoms with E-state index in [0.717, 1.165) is 31.5 Å². The van der Waals surface area contributed by atoms with Gasteiger partial charge in [0, 0.05) is 31.7 Å². The number of nitrogens with one attached hydrogen (secondary N) is 1. The molecule has 0 aliphatic carbocycles.